The summed E-state index contributed by atoms with van der Waals surface area (Å²) in [4.78, 5) is 0. The Morgan fingerprint density at radius 3 is 2.06 bits per heavy atom. The third-order valence-corrected chi connectivity index (χ3v) is 3.32. The Hall–Kier alpha value is -1.34. The van der Waals surface area contributed by atoms with E-state index in [0.29, 0.717) is 10.6 Å². The lowest BCUT2D eigenvalue weighted by Crippen LogP contribution is -2.10. The fourth-order valence-electron chi connectivity index (χ4n) is 1.91. The van der Waals surface area contributed by atoms with E-state index >= 15 is 0 Å². The average Bonchev–Trinajstić information content (AvgIpc) is 2.28. The van der Waals surface area contributed by atoms with Crippen LogP contribution in [0, 0.1) is 5.82 Å². The lowest BCUT2D eigenvalue weighted by Gasteiger charge is -2.19. The molecule has 18 heavy (non-hydrogen) atoms. The maximum atomic E-state index is 13.8. The van der Waals surface area contributed by atoms with E-state index in [1.54, 1.807) is 12.1 Å². The van der Waals surface area contributed by atoms with Gasteiger partial charge in [-0.3, -0.25) is 0 Å². The molecule has 2 aromatic rings. The molecule has 2 aromatic carbocycles. The standard InChI is InChI=1S/C16H16ClF/c1-16(2,3)12-9-7-11(8-10-12)15-13(17)5-4-6-14(15)18/h4-10H,1-3H3. The van der Waals surface area contributed by atoms with Gasteiger partial charge in [0, 0.05) is 5.56 Å². The highest BCUT2D eigenvalue weighted by atomic mass is 35.5. The van der Waals surface area contributed by atoms with Crippen molar-refractivity contribution in [2.75, 3.05) is 0 Å². The molecule has 0 atom stereocenters. The van der Waals surface area contributed by atoms with Crippen LogP contribution in [0.2, 0.25) is 5.02 Å². The average molecular weight is 263 g/mol. The maximum absolute atomic E-state index is 13.8. The molecule has 0 saturated heterocycles. The molecule has 0 aliphatic rings. The van der Waals surface area contributed by atoms with Crippen LogP contribution in [-0.4, -0.2) is 0 Å². The first-order valence-electron chi connectivity index (χ1n) is 5.94. The van der Waals surface area contributed by atoms with E-state index < -0.39 is 0 Å². The Labute approximate surface area is 112 Å². The summed E-state index contributed by atoms with van der Waals surface area (Å²) in [5.41, 5.74) is 2.60. The van der Waals surface area contributed by atoms with Crippen LogP contribution in [-0.2, 0) is 5.41 Å². The van der Waals surface area contributed by atoms with Gasteiger partial charge in [0.15, 0.2) is 0 Å². The van der Waals surface area contributed by atoms with Crippen LogP contribution >= 0.6 is 11.6 Å². The van der Waals surface area contributed by atoms with Crippen LogP contribution in [0.4, 0.5) is 4.39 Å². The number of hydrogen-bond acceptors (Lipinski definition) is 0. The Morgan fingerprint density at radius 2 is 1.56 bits per heavy atom. The molecule has 0 N–H and O–H groups in total. The summed E-state index contributed by atoms with van der Waals surface area (Å²) in [5.74, 6) is -0.286. The molecule has 0 aliphatic heterocycles. The zero-order valence-electron chi connectivity index (χ0n) is 10.8. The second-order valence-electron chi connectivity index (χ2n) is 5.42. The van der Waals surface area contributed by atoms with Crippen LogP contribution in [0.25, 0.3) is 11.1 Å². The van der Waals surface area contributed by atoms with Crippen LogP contribution in [0.15, 0.2) is 42.5 Å². The van der Waals surface area contributed by atoms with E-state index in [1.807, 2.05) is 24.3 Å². The molecular formula is C16H16ClF. The van der Waals surface area contributed by atoms with Crippen molar-refractivity contribution in [1.29, 1.82) is 0 Å². The molecule has 0 fully saturated rings. The first-order chi connectivity index (χ1) is 8.39. The summed E-state index contributed by atoms with van der Waals surface area (Å²) in [6.45, 7) is 6.45. The normalized spacial score (nSPS) is 11.6. The highest BCUT2D eigenvalue weighted by Crippen LogP contribution is 2.32. The number of benzene rings is 2. The number of hydrogen-bond donors (Lipinski definition) is 0. The van der Waals surface area contributed by atoms with Gasteiger partial charge >= 0.3 is 0 Å². The lowest BCUT2D eigenvalue weighted by molar-refractivity contribution is 0.590. The van der Waals surface area contributed by atoms with Crippen molar-refractivity contribution < 1.29 is 4.39 Å². The lowest BCUT2D eigenvalue weighted by atomic mass is 9.86. The van der Waals surface area contributed by atoms with Crippen molar-refractivity contribution in [2.24, 2.45) is 0 Å². The van der Waals surface area contributed by atoms with Crippen LogP contribution in [0.1, 0.15) is 26.3 Å². The SMILES string of the molecule is CC(C)(C)c1ccc(-c2c(F)cccc2Cl)cc1. The smallest absolute Gasteiger partial charge is 0.132 e. The zero-order valence-corrected chi connectivity index (χ0v) is 11.6. The van der Waals surface area contributed by atoms with Gasteiger partial charge in [0.05, 0.1) is 5.02 Å². The minimum absolute atomic E-state index is 0.0948. The van der Waals surface area contributed by atoms with E-state index in [-0.39, 0.29) is 11.2 Å². The Morgan fingerprint density at radius 1 is 0.944 bits per heavy atom. The Balaban J connectivity index is 2.47. The molecule has 0 spiro atoms. The van der Waals surface area contributed by atoms with Gasteiger partial charge in [-0.05, 0) is 28.7 Å². The van der Waals surface area contributed by atoms with Gasteiger partial charge in [0.25, 0.3) is 0 Å². The van der Waals surface area contributed by atoms with Crippen molar-refractivity contribution in [3.8, 4) is 11.1 Å². The summed E-state index contributed by atoms with van der Waals surface area (Å²) >= 11 is 6.05. The second-order valence-corrected chi connectivity index (χ2v) is 5.83. The molecule has 0 saturated carbocycles. The van der Waals surface area contributed by atoms with Crippen molar-refractivity contribution in [3.63, 3.8) is 0 Å². The third kappa shape index (κ3) is 2.56. The summed E-state index contributed by atoms with van der Waals surface area (Å²) in [6.07, 6.45) is 0. The molecule has 94 valence electrons. The summed E-state index contributed by atoms with van der Waals surface area (Å²) < 4.78 is 13.8. The predicted octanol–water partition coefficient (Wildman–Crippen LogP) is 5.44. The Kier molecular flexibility index (Phi) is 3.45. The molecule has 0 unspecified atom stereocenters. The summed E-state index contributed by atoms with van der Waals surface area (Å²) in [7, 11) is 0. The quantitative estimate of drug-likeness (QED) is 0.642. The van der Waals surface area contributed by atoms with Crippen LogP contribution in [0.3, 0.4) is 0 Å². The molecule has 0 heterocycles. The molecule has 0 bridgehead atoms. The molecule has 0 aromatic heterocycles. The number of rotatable bonds is 1. The van der Waals surface area contributed by atoms with Gasteiger partial charge in [-0.25, -0.2) is 4.39 Å². The molecular weight excluding hydrogens is 247 g/mol. The van der Waals surface area contributed by atoms with Gasteiger partial charge in [0.1, 0.15) is 5.82 Å². The first-order valence-corrected chi connectivity index (χ1v) is 6.32. The topological polar surface area (TPSA) is 0 Å². The summed E-state index contributed by atoms with van der Waals surface area (Å²) in [5, 5.41) is 0.443. The van der Waals surface area contributed by atoms with E-state index in [1.165, 1.54) is 11.6 Å². The van der Waals surface area contributed by atoms with Crippen molar-refractivity contribution in [2.45, 2.75) is 26.2 Å². The molecule has 0 amide bonds. The van der Waals surface area contributed by atoms with E-state index in [9.17, 15) is 4.39 Å². The third-order valence-electron chi connectivity index (χ3n) is 3.00. The highest BCUT2D eigenvalue weighted by Gasteiger charge is 2.14. The summed E-state index contributed by atoms with van der Waals surface area (Å²) in [6, 6.07) is 12.6. The first kappa shape index (κ1) is 13.1. The van der Waals surface area contributed by atoms with Gasteiger partial charge in [-0.15, -0.1) is 0 Å². The molecule has 0 nitrogen and oxygen atoms in total. The largest absolute Gasteiger partial charge is 0.206 e. The Bertz CT molecular complexity index is 530. The van der Waals surface area contributed by atoms with E-state index in [0.717, 1.165) is 5.56 Å². The van der Waals surface area contributed by atoms with Crippen molar-refractivity contribution >= 4 is 11.6 Å². The van der Waals surface area contributed by atoms with Crippen LogP contribution in [0.5, 0.6) is 0 Å². The predicted molar refractivity (Wildman–Crippen MR) is 75.5 cm³/mol. The minimum Gasteiger partial charge on any atom is -0.206 e. The van der Waals surface area contributed by atoms with E-state index in [2.05, 4.69) is 20.8 Å². The molecule has 0 radical (unpaired) electrons. The van der Waals surface area contributed by atoms with Crippen LogP contribution < -0.4 is 0 Å². The fourth-order valence-corrected chi connectivity index (χ4v) is 2.18. The van der Waals surface area contributed by atoms with Gasteiger partial charge in [-0.1, -0.05) is 62.7 Å². The molecule has 0 aliphatic carbocycles. The fraction of sp³-hybridized carbons (Fsp3) is 0.250. The molecule has 2 heteroatoms. The second kappa shape index (κ2) is 4.74. The van der Waals surface area contributed by atoms with Crippen molar-refractivity contribution in [3.05, 3.63) is 58.9 Å². The van der Waals surface area contributed by atoms with E-state index in [4.69, 9.17) is 11.6 Å². The van der Waals surface area contributed by atoms with Crippen molar-refractivity contribution in [1.82, 2.24) is 0 Å². The molecule has 2 rings (SSSR count). The highest BCUT2D eigenvalue weighted by molar-refractivity contribution is 6.33. The van der Waals surface area contributed by atoms with Gasteiger partial charge < -0.3 is 0 Å². The van der Waals surface area contributed by atoms with Gasteiger partial charge in [0.2, 0.25) is 0 Å². The maximum Gasteiger partial charge on any atom is 0.132 e. The number of halogens is 2. The minimum atomic E-state index is -0.286. The zero-order chi connectivity index (χ0) is 13.3. The van der Waals surface area contributed by atoms with Gasteiger partial charge in [-0.2, -0.15) is 0 Å². The monoisotopic (exact) mass is 262 g/mol.